The number of Topliss-reactive ketones (excluding diaryl/α,β-unsaturated/α-hetero) is 1. The Hall–Kier alpha value is -3.93. The Kier molecular flexibility index (Phi) is 6.27. The fourth-order valence-corrected chi connectivity index (χ4v) is 2.77. The molecule has 2 N–H and O–H groups in total. The number of nitrogens with one attached hydrogen (secondary N) is 1. The lowest BCUT2D eigenvalue weighted by Crippen LogP contribution is -2.30. The first kappa shape index (κ1) is 20.8. The van der Waals surface area contributed by atoms with E-state index in [1.54, 1.807) is 72.8 Å². The highest BCUT2D eigenvalue weighted by Gasteiger charge is 2.19. The van der Waals surface area contributed by atoms with Crippen molar-refractivity contribution in [3.63, 3.8) is 0 Å². The van der Waals surface area contributed by atoms with Crippen LogP contribution in [-0.2, 0) is 9.53 Å². The number of hydrogen-bond acceptors (Lipinski definition) is 5. The van der Waals surface area contributed by atoms with Crippen LogP contribution in [0.25, 0.3) is 11.1 Å². The van der Waals surface area contributed by atoms with Crippen molar-refractivity contribution < 1.29 is 24.2 Å². The first-order chi connectivity index (χ1) is 14.3. The summed E-state index contributed by atoms with van der Waals surface area (Å²) < 4.78 is 5.26. The van der Waals surface area contributed by atoms with E-state index >= 15 is 0 Å². The van der Waals surface area contributed by atoms with Gasteiger partial charge in [0.25, 0.3) is 5.91 Å². The molecule has 0 aliphatic heterocycles. The second-order valence-corrected chi connectivity index (χ2v) is 6.79. The van der Waals surface area contributed by atoms with Crippen LogP contribution >= 0.6 is 0 Å². The van der Waals surface area contributed by atoms with Crippen LogP contribution in [0.3, 0.4) is 0 Å². The van der Waals surface area contributed by atoms with Crippen LogP contribution in [-0.4, -0.2) is 28.9 Å². The number of aromatic hydroxyl groups is 1. The SMILES string of the molecule is CC(=O)c1ccc(NC(=O)[C@@H](C)OC(=O)c2ccc(-c3ccc(O)cc3)cc2)cc1. The largest absolute Gasteiger partial charge is 0.508 e. The molecule has 3 aromatic rings. The minimum atomic E-state index is -0.998. The number of anilines is 1. The molecule has 3 aromatic carbocycles. The van der Waals surface area contributed by atoms with Gasteiger partial charge in [0, 0.05) is 11.3 Å². The van der Waals surface area contributed by atoms with Crippen molar-refractivity contribution in [1.29, 1.82) is 0 Å². The Balaban J connectivity index is 1.59. The number of amides is 1. The number of carbonyl (C=O) groups excluding carboxylic acids is 3. The lowest BCUT2D eigenvalue weighted by Gasteiger charge is -2.14. The van der Waals surface area contributed by atoms with Gasteiger partial charge in [-0.2, -0.15) is 0 Å². The standard InChI is InChI=1S/C24H21NO5/c1-15(26)17-7-11-21(12-8-17)25-23(28)16(2)30-24(29)20-5-3-18(4-6-20)19-9-13-22(27)14-10-19/h3-14,16,27H,1-2H3,(H,25,28)/t16-/m1/s1. The van der Waals surface area contributed by atoms with Gasteiger partial charge in [0.15, 0.2) is 11.9 Å². The van der Waals surface area contributed by atoms with Crippen molar-refractivity contribution in [2.75, 3.05) is 5.32 Å². The molecular weight excluding hydrogens is 382 g/mol. The van der Waals surface area contributed by atoms with Crippen molar-refractivity contribution in [2.24, 2.45) is 0 Å². The van der Waals surface area contributed by atoms with Crippen LogP contribution in [0.5, 0.6) is 5.75 Å². The Morgan fingerprint density at radius 3 is 1.83 bits per heavy atom. The quantitative estimate of drug-likeness (QED) is 0.469. The molecule has 0 aromatic heterocycles. The molecule has 6 nitrogen and oxygen atoms in total. The molecule has 0 heterocycles. The van der Waals surface area contributed by atoms with Gasteiger partial charge in [0.2, 0.25) is 0 Å². The normalized spacial score (nSPS) is 11.4. The van der Waals surface area contributed by atoms with Gasteiger partial charge >= 0.3 is 5.97 Å². The summed E-state index contributed by atoms with van der Waals surface area (Å²) in [6.45, 7) is 2.95. The average Bonchev–Trinajstić information content (AvgIpc) is 2.74. The van der Waals surface area contributed by atoms with Crippen LogP contribution in [0.1, 0.15) is 34.6 Å². The maximum absolute atomic E-state index is 12.4. The van der Waals surface area contributed by atoms with Crippen molar-refractivity contribution in [2.45, 2.75) is 20.0 Å². The number of rotatable bonds is 6. The maximum Gasteiger partial charge on any atom is 0.338 e. The van der Waals surface area contributed by atoms with Crippen LogP contribution in [0.2, 0.25) is 0 Å². The van der Waals surface area contributed by atoms with Gasteiger partial charge in [0.1, 0.15) is 5.75 Å². The Morgan fingerprint density at radius 1 is 0.800 bits per heavy atom. The van der Waals surface area contributed by atoms with E-state index in [0.29, 0.717) is 16.8 Å². The Morgan fingerprint density at radius 2 is 1.30 bits per heavy atom. The van der Waals surface area contributed by atoms with Crippen LogP contribution in [0, 0.1) is 0 Å². The molecule has 3 rings (SSSR count). The van der Waals surface area contributed by atoms with Gasteiger partial charge in [-0.25, -0.2) is 4.79 Å². The van der Waals surface area contributed by atoms with Gasteiger partial charge in [-0.05, 0) is 73.5 Å². The predicted molar refractivity (Wildman–Crippen MR) is 113 cm³/mol. The number of phenols is 1. The highest BCUT2D eigenvalue weighted by molar-refractivity contribution is 5.98. The van der Waals surface area contributed by atoms with Crippen molar-refractivity contribution in [1.82, 2.24) is 0 Å². The molecule has 0 aliphatic carbocycles. The van der Waals surface area contributed by atoms with Crippen molar-refractivity contribution in [3.8, 4) is 16.9 Å². The zero-order chi connectivity index (χ0) is 21.7. The highest BCUT2D eigenvalue weighted by atomic mass is 16.5. The lowest BCUT2D eigenvalue weighted by molar-refractivity contribution is -0.123. The molecule has 0 unspecified atom stereocenters. The Bertz CT molecular complexity index is 1050. The van der Waals surface area contributed by atoms with Crippen molar-refractivity contribution in [3.05, 3.63) is 83.9 Å². The molecule has 0 radical (unpaired) electrons. The van der Waals surface area contributed by atoms with E-state index in [0.717, 1.165) is 11.1 Å². The number of hydrogen-bond donors (Lipinski definition) is 2. The smallest absolute Gasteiger partial charge is 0.338 e. The number of phenolic OH excluding ortho intramolecular Hbond substituents is 1. The summed E-state index contributed by atoms with van der Waals surface area (Å²) in [6, 6.07) is 20.0. The monoisotopic (exact) mass is 403 g/mol. The molecule has 0 fully saturated rings. The topological polar surface area (TPSA) is 92.7 Å². The fourth-order valence-electron chi connectivity index (χ4n) is 2.77. The van der Waals surface area contributed by atoms with Crippen molar-refractivity contribution >= 4 is 23.3 Å². The second kappa shape index (κ2) is 9.05. The molecule has 152 valence electrons. The zero-order valence-corrected chi connectivity index (χ0v) is 16.6. The number of ether oxygens (including phenoxy) is 1. The van der Waals surface area contributed by atoms with Gasteiger partial charge in [-0.15, -0.1) is 0 Å². The Labute approximate surface area is 174 Å². The molecule has 6 heteroatoms. The molecule has 1 amide bonds. The van der Waals surface area contributed by atoms with Gasteiger partial charge in [-0.1, -0.05) is 24.3 Å². The summed E-state index contributed by atoms with van der Waals surface area (Å²) in [7, 11) is 0. The molecule has 0 saturated carbocycles. The molecule has 1 atom stereocenters. The van der Waals surface area contributed by atoms with E-state index in [9.17, 15) is 19.5 Å². The van der Waals surface area contributed by atoms with Gasteiger partial charge < -0.3 is 15.2 Å². The highest BCUT2D eigenvalue weighted by Crippen LogP contribution is 2.22. The first-order valence-corrected chi connectivity index (χ1v) is 9.36. The maximum atomic E-state index is 12.4. The minimum absolute atomic E-state index is 0.0633. The molecular formula is C24H21NO5. The third-order valence-electron chi connectivity index (χ3n) is 4.53. The molecule has 0 bridgehead atoms. The third kappa shape index (κ3) is 5.11. The third-order valence-corrected chi connectivity index (χ3v) is 4.53. The summed E-state index contributed by atoms with van der Waals surface area (Å²) in [5, 5.41) is 12.0. The van der Waals surface area contributed by atoms with Gasteiger partial charge in [0.05, 0.1) is 5.56 Å². The average molecular weight is 403 g/mol. The van der Waals surface area contributed by atoms with Crippen LogP contribution in [0.4, 0.5) is 5.69 Å². The summed E-state index contributed by atoms with van der Waals surface area (Å²) in [5.41, 5.74) is 3.15. The molecule has 0 spiro atoms. The van der Waals surface area contributed by atoms with E-state index in [2.05, 4.69) is 5.32 Å². The van der Waals surface area contributed by atoms with E-state index in [-0.39, 0.29) is 11.5 Å². The van der Waals surface area contributed by atoms with E-state index in [1.165, 1.54) is 13.8 Å². The molecule has 0 saturated heterocycles. The van der Waals surface area contributed by atoms with E-state index in [4.69, 9.17) is 4.74 Å². The zero-order valence-electron chi connectivity index (χ0n) is 16.6. The number of ketones is 1. The first-order valence-electron chi connectivity index (χ1n) is 9.36. The lowest BCUT2D eigenvalue weighted by atomic mass is 10.0. The number of benzene rings is 3. The summed E-state index contributed by atoms with van der Waals surface area (Å²) >= 11 is 0. The summed E-state index contributed by atoms with van der Waals surface area (Å²) in [6.07, 6.45) is -0.998. The molecule has 0 aliphatic rings. The van der Waals surface area contributed by atoms with Crippen LogP contribution < -0.4 is 5.32 Å². The van der Waals surface area contributed by atoms with E-state index < -0.39 is 18.0 Å². The summed E-state index contributed by atoms with van der Waals surface area (Å²) in [5.74, 6) is -0.964. The minimum Gasteiger partial charge on any atom is -0.508 e. The number of carbonyl (C=O) groups is 3. The molecule has 30 heavy (non-hydrogen) atoms. The fraction of sp³-hybridized carbons (Fsp3) is 0.125. The van der Waals surface area contributed by atoms with Crippen LogP contribution in [0.15, 0.2) is 72.8 Å². The number of esters is 1. The summed E-state index contributed by atoms with van der Waals surface area (Å²) in [4.78, 5) is 35.9. The van der Waals surface area contributed by atoms with Gasteiger partial charge in [-0.3, -0.25) is 9.59 Å². The second-order valence-electron chi connectivity index (χ2n) is 6.79. The van der Waals surface area contributed by atoms with E-state index in [1.807, 2.05) is 0 Å². The predicted octanol–water partition coefficient (Wildman–Crippen LogP) is 4.45.